The number of carbonyl (C=O) groups excluding carboxylic acids is 3. The lowest BCUT2D eigenvalue weighted by Gasteiger charge is -2.34. The van der Waals surface area contributed by atoms with E-state index in [1.165, 1.54) is 96.3 Å². The van der Waals surface area contributed by atoms with Crippen LogP contribution in [0.2, 0.25) is 0 Å². The number of carboxylic acids is 1. The molecule has 2 unspecified atom stereocenters. The number of nitrogens with zero attached hydrogens (tertiary/aromatic N) is 1. The Kier molecular flexibility index (Phi) is 31.9. The zero-order valence-corrected chi connectivity index (χ0v) is 32.6. The molecule has 0 rings (SSSR count). The Morgan fingerprint density at radius 3 is 1.47 bits per heavy atom. The molecular weight excluding hydrogens is 618 g/mol. The average molecular weight is 696 g/mol. The Hall–Kier alpha value is -1.93. The average Bonchev–Trinajstić information content (AvgIpc) is 3.05. The number of likely N-dealkylation sites (N-methyl/N-ethyl adjacent to an activating group) is 1. The third-order valence-corrected chi connectivity index (χ3v) is 9.15. The van der Waals surface area contributed by atoms with Crippen molar-refractivity contribution in [1.82, 2.24) is 0 Å². The van der Waals surface area contributed by atoms with Crippen LogP contribution in [0, 0.1) is 0 Å². The summed E-state index contributed by atoms with van der Waals surface area (Å²) in [6.45, 7) is 4.61. The second-order valence-electron chi connectivity index (χ2n) is 14.9. The molecule has 0 saturated heterocycles. The van der Waals surface area contributed by atoms with Crippen molar-refractivity contribution in [3.05, 3.63) is 12.2 Å². The van der Waals surface area contributed by atoms with Crippen LogP contribution in [0.5, 0.6) is 0 Å². The third-order valence-electron chi connectivity index (χ3n) is 9.15. The Balaban J connectivity index is 4.29. The van der Waals surface area contributed by atoms with Crippen LogP contribution in [-0.4, -0.2) is 75.5 Å². The Labute approximate surface area is 301 Å². The SMILES string of the molecule is CCCCCCCCCCC/C=C/CCCCCCCC(=O)OC(COCCC(C(=O)[O-])[N+](C)(C)C)COC(=O)CCCCCCCCC. The highest BCUT2D eigenvalue weighted by atomic mass is 16.6. The first-order valence-corrected chi connectivity index (χ1v) is 20.2. The molecule has 0 bridgehead atoms. The second kappa shape index (κ2) is 33.2. The quantitative estimate of drug-likeness (QED) is 0.0279. The first kappa shape index (κ1) is 47.1. The van der Waals surface area contributed by atoms with Gasteiger partial charge in [-0.15, -0.1) is 0 Å². The molecule has 8 heteroatoms. The number of esters is 2. The van der Waals surface area contributed by atoms with Gasteiger partial charge in [0, 0.05) is 19.3 Å². The summed E-state index contributed by atoms with van der Waals surface area (Å²) >= 11 is 0. The van der Waals surface area contributed by atoms with Gasteiger partial charge < -0.3 is 28.6 Å². The minimum Gasteiger partial charge on any atom is -0.544 e. The van der Waals surface area contributed by atoms with Gasteiger partial charge in [-0.25, -0.2) is 0 Å². The number of carboxylic acid groups (broad SMARTS) is 1. The lowest BCUT2D eigenvalue weighted by atomic mass is 10.1. The van der Waals surface area contributed by atoms with Crippen LogP contribution in [0.25, 0.3) is 0 Å². The van der Waals surface area contributed by atoms with Gasteiger partial charge in [-0.3, -0.25) is 9.59 Å². The second-order valence-corrected chi connectivity index (χ2v) is 14.9. The highest BCUT2D eigenvalue weighted by Crippen LogP contribution is 2.14. The largest absolute Gasteiger partial charge is 0.544 e. The molecule has 8 nitrogen and oxygen atoms in total. The van der Waals surface area contributed by atoms with Crippen LogP contribution in [0.15, 0.2) is 12.2 Å². The Morgan fingerprint density at radius 1 is 0.592 bits per heavy atom. The van der Waals surface area contributed by atoms with Crippen LogP contribution in [0.4, 0.5) is 0 Å². The highest BCUT2D eigenvalue weighted by Gasteiger charge is 2.25. The number of allylic oxidation sites excluding steroid dienone is 2. The topological polar surface area (TPSA) is 102 Å². The predicted molar refractivity (Wildman–Crippen MR) is 199 cm³/mol. The van der Waals surface area contributed by atoms with Crippen molar-refractivity contribution in [2.45, 2.75) is 193 Å². The zero-order chi connectivity index (χ0) is 36.4. The normalized spacial score (nSPS) is 13.1. The van der Waals surface area contributed by atoms with Crippen molar-refractivity contribution in [1.29, 1.82) is 0 Å². The molecule has 0 aromatic carbocycles. The van der Waals surface area contributed by atoms with E-state index in [4.69, 9.17) is 14.2 Å². The highest BCUT2D eigenvalue weighted by molar-refractivity contribution is 5.70. The number of aliphatic carboxylic acids is 1. The number of hydrogen-bond acceptors (Lipinski definition) is 7. The lowest BCUT2D eigenvalue weighted by molar-refractivity contribution is -0.889. The summed E-state index contributed by atoms with van der Waals surface area (Å²) in [5, 5.41) is 11.6. The van der Waals surface area contributed by atoms with Crippen molar-refractivity contribution >= 4 is 17.9 Å². The van der Waals surface area contributed by atoms with E-state index >= 15 is 0 Å². The van der Waals surface area contributed by atoms with Gasteiger partial charge in [0.15, 0.2) is 6.10 Å². The monoisotopic (exact) mass is 696 g/mol. The lowest BCUT2D eigenvalue weighted by Crippen LogP contribution is -2.55. The van der Waals surface area contributed by atoms with E-state index in [0.29, 0.717) is 12.8 Å². The summed E-state index contributed by atoms with van der Waals surface area (Å²) in [7, 11) is 5.39. The van der Waals surface area contributed by atoms with Crippen LogP contribution in [0.1, 0.15) is 181 Å². The fourth-order valence-electron chi connectivity index (χ4n) is 5.95. The summed E-state index contributed by atoms with van der Waals surface area (Å²) in [6.07, 6.45) is 32.5. The van der Waals surface area contributed by atoms with E-state index < -0.39 is 18.1 Å². The first-order chi connectivity index (χ1) is 23.6. The molecule has 0 saturated carbocycles. The van der Waals surface area contributed by atoms with Crippen molar-refractivity contribution in [2.75, 3.05) is 41.0 Å². The number of rotatable bonds is 36. The van der Waals surface area contributed by atoms with Gasteiger partial charge in [0.05, 0.1) is 40.3 Å². The summed E-state index contributed by atoms with van der Waals surface area (Å²) in [5.74, 6) is -1.75. The van der Waals surface area contributed by atoms with Crippen molar-refractivity contribution < 1.29 is 38.2 Å². The van der Waals surface area contributed by atoms with Gasteiger partial charge in [-0.1, -0.05) is 135 Å². The summed E-state index contributed by atoms with van der Waals surface area (Å²) in [4.78, 5) is 36.5. The van der Waals surface area contributed by atoms with Crippen molar-refractivity contribution in [3.63, 3.8) is 0 Å². The van der Waals surface area contributed by atoms with Gasteiger partial charge in [0.2, 0.25) is 0 Å². The molecule has 0 aromatic heterocycles. The Morgan fingerprint density at radius 2 is 1.02 bits per heavy atom. The van der Waals surface area contributed by atoms with E-state index in [1.54, 1.807) is 21.1 Å². The van der Waals surface area contributed by atoms with E-state index in [2.05, 4.69) is 26.0 Å². The van der Waals surface area contributed by atoms with Crippen LogP contribution in [0.3, 0.4) is 0 Å². The van der Waals surface area contributed by atoms with E-state index in [0.717, 1.165) is 51.4 Å². The summed E-state index contributed by atoms with van der Waals surface area (Å²) in [5.41, 5.74) is 0. The maximum absolute atomic E-state index is 12.6. The fraction of sp³-hybridized carbons (Fsp3) is 0.878. The smallest absolute Gasteiger partial charge is 0.306 e. The summed E-state index contributed by atoms with van der Waals surface area (Å²) < 4.78 is 17.0. The van der Waals surface area contributed by atoms with Gasteiger partial charge >= 0.3 is 11.9 Å². The molecule has 288 valence electrons. The number of unbranched alkanes of at least 4 members (excludes halogenated alkanes) is 20. The number of ether oxygens (including phenoxy) is 3. The van der Waals surface area contributed by atoms with E-state index in [1.807, 2.05) is 0 Å². The minimum atomic E-state index is -1.13. The molecule has 2 atom stereocenters. The molecular formula is C41H77NO7. The molecule has 0 aliphatic heterocycles. The number of hydrogen-bond donors (Lipinski definition) is 0. The third kappa shape index (κ3) is 31.8. The maximum Gasteiger partial charge on any atom is 0.306 e. The molecule has 0 aromatic rings. The van der Waals surface area contributed by atoms with Gasteiger partial charge in [-0.05, 0) is 38.5 Å². The number of carbonyl (C=O) groups is 3. The predicted octanol–water partition coefficient (Wildman–Crippen LogP) is 9.02. The van der Waals surface area contributed by atoms with E-state index in [-0.39, 0.29) is 42.7 Å². The minimum absolute atomic E-state index is 0.0417. The summed E-state index contributed by atoms with van der Waals surface area (Å²) in [6, 6.07) is -0.721. The van der Waals surface area contributed by atoms with Crippen LogP contribution >= 0.6 is 0 Å². The Bertz CT molecular complexity index is 823. The van der Waals surface area contributed by atoms with Crippen molar-refractivity contribution in [3.8, 4) is 0 Å². The molecule has 0 aliphatic carbocycles. The van der Waals surface area contributed by atoms with Gasteiger partial charge in [0.1, 0.15) is 12.6 Å². The molecule has 0 amide bonds. The van der Waals surface area contributed by atoms with Crippen LogP contribution < -0.4 is 5.11 Å². The standard InChI is InChI=1S/C41H77NO7/c1-6-8-10-12-14-15-16-17-18-19-20-21-22-23-24-26-28-30-32-40(44)49-37(35-47-34-33-38(41(45)46)42(3,4)5)36-48-39(43)31-29-27-25-13-11-9-7-2/h20-21,37-38H,6-19,22-36H2,1-5H3/b21-20+. The maximum atomic E-state index is 12.6. The van der Waals surface area contributed by atoms with Crippen LogP contribution in [-0.2, 0) is 28.6 Å². The fourth-order valence-corrected chi connectivity index (χ4v) is 5.95. The van der Waals surface area contributed by atoms with Gasteiger partial charge in [0.25, 0.3) is 0 Å². The molecule has 0 radical (unpaired) electrons. The molecule has 0 fully saturated rings. The molecule has 0 aliphatic rings. The van der Waals surface area contributed by atoms with E-state index in [9.17, 15) is 19.5 Å². The number of quaternary nitrogens is 1. The molecule has 0 N–H and O–H groups in total. The molecule has 49 heavy (non-hydrogen) atoms. The van der Waals surface area contributed by atoms with Crippen molar-refractivity contribution in [2.24, 2.45) is 0 Å². The molecule has 0 spiro atoms. The zero-order valence-electron chi connectivity index (χ0n) is 32.6. The molecule has 0 heterocycles. The first-order valence-electron chi connectivity index (χ1n) is 20.2. The van der Waals surface area contributed by atoms with Gasteiger partial charge in [-0.2, -0.15) is 0 Å².